The fourth-order valence-corrected chi connectivity index (χ4v) is 1.07. The summed E-state index contributed by atoms with van der Waals surface area (Å²) >= 11 is 5.84. The molecule has 0 fully saturated rings. The SMILES string of the molecule is O=C=NC1=CCC(Cl)(N=C=O)C=C1. The molecule has 1 rings (SSSR count). The van der Waals surface area contributed by atoms with Crippen LogP contribution >= 0.6 is 11.6 Å². The van der Waals surface area contributed by atoms with E-state index in [1.807, 2.05) is 0 Å². The van der Waals surface area contributed by atoms with Gasteiger partial charge in [0.25, 0.3) is 0 Å². The molecule has 1 aliphatic rings. The molecule has 4 nitrogen and oxygen atoms in total. The molecule has 0 amide bonds. The van der Waals surface area contributed by atoms with E-state index in [9.17, 15) is 9.59 Å². The lowest BCUT2D eigenvalue weighted by molar-refractivity contribution is 0.557. The van der Waals surface area contributed by atoms with Crippen LogP contribution in [-0.2, 0) is 9.59 Å². The molecule has 1 atom stereocenters. The molecule has 0 aromatic heterocycles. The third kappa shape index (κ3) is 2.49. The third-order valence-electron chi connectivity index (χ3n) is 1.51. The van der Waals surface area contributed by atoms with E-state index in [0.29, 0.717) is 12.1 Å². The third-order valence-corrected chi connectivity index (χ3v) is 1.88. The number of aliphatic imine (C=N–C) groups is 2. The number of nitrogens with zero attached hydrogens (tertiary/aromatic N) is 2. The molecule has 0 saturated heterocycles. The van der Waals surface area contributed by atoms with Gasteiger partial charge in [0.05, 0.1) is 5.70 Å². The Bertz CT molecular complexity index is 362. The van der Waals surface area contributed by atoms with Crippen LogP contribution in [0, 0.1) is 0 Å². The number of hydrogen-bond donors (Lipinski definition) is 0. The molecule has 0 bridgehead atoms. The largest absolute Gasteiger partial charge is 0.240 e. The predicted octanol–water partition coefficient (Wildman–Crippen LogP) is 1.44. The average molecular weight is 197 g/mol. The van der Waals surface area contributed by atoms with E-state index in [4.69, 9.17) is 11.6 Å². The smallest absolute Gasteiger partial charge is 0.211 e. The molecule has 0 spiro atoms. The molecule has 13 heavy (non-hydrogen) atoms. The summed E-state index contributed by atoms with van der Waals surface area (Å²) in [6.07, 6.45) is 7.67. The van der Waals surface area contributed by atoms with Crippen LogP contribution < -0.4 is 0 Å². The summed E-state index contributed by atoms with van der Waals surface area (Å²) in [7, 11) is 0. The van der Waals surface area contributed by atoms with Crippen molar-refractivity contribution in [3.63, 3.8) is 0 Å². The molecule has 0 aliphatic heterocycles. The summed E-state index contributed by atoms with van der Waals surface area (Å²) in [6.45, 7) is 0. The molecule has 0 aromatic carbocycles. The van der Waals surface area contributed by atoms with Crippen molar-refractivity contribution in [1.29, 1.82) is 0 Å². The summed E-state index contributed by atoms with van der Waals surface area (Å²) in [5, 5.41) is 0. The first kappa shape index (κ1) is 9.62. The second-order valence-corrected chi connectivity index (χ2v) is 3.05. The highest BCUT2D eigenvalue weighted by atomic mass is 35.5. The van der Waals surface area contributed by atoms with E-state index >= 15 is 0 Å². The monoisotopic (exact) mass is 196 g/mol. The fraction of sp³-hybridized carbons (Fsp3) is 0.250. The minimum absolute atomic E-state index is 0.306. The maximum absolute atomic E-state index is 9.97. The van der Waals surface area contributed by atoms with Crippen LogP contribution in [-0.4, -0.2) is 17.2 Å². The molecule has 0 heterocycles. The summed E-state index contributed by atoms with van der Waals surface area (Å²) in [6, 6.07) is 0. The number of rotatable bonds is 2. The Kier molecular flexibility index (Phi) is 2.93. The van der Waals surface area contributed by atoms with E-state index in [1.54, 1.807) is 6.08 Å². The quantitative estimate of drug-likeness (QED) is 0.290. The highest BCUT2D eigenvalue weighted by Gasteiger charge is 2.24. The second-order valence-electron chi connectivity index (χ2n) is 2.39. The Balaban J connectivity index is 2.83. The van der Waals surface area contributed by atoms with Crippen LogP contribution in [0.4, 0.5) is 0 Å². The Morgan fingerprint density at radius 2 is 2.23 bits per heavy atom. The number of isocyanates is 2. The number of alkyl halides is 1. The Morgan fingerprint density at radius 3 is 2.69 bits per heavy atom. The Morgan fingerprint density at radius 1 is 1.46 bits per heavy atom. The lowest BCUT2D eigenvalue weighted by Crippen LogP contribution is -2.15. The summed E-state index contributed by atoms with van der Waals surface area (Å²) in [5.41, 5.74) is 0.465. The molecule has 0 N–H and O–H groups in total. The normalized spacial score (nSPS) is 25.5. The highest BCUT2D eigenvalue weighted by Crippen LogP contribution is 2.28. The van der Waals surface area contributed by atoms with Crippen LogP contribution in [0.5, 0.6) is 0 Å². The van der Waals surface area contributed by atoms with E-state index in [-0.39, 0.29) is 0 Å². The van der Waals surface area contributed by atoms with Crippen molar-refractivity contribution in [2.24, 2.45) is 9.98 Å². The summed E-state index contributed by atoms with van der Waals surface area (Å²) in [4.78, 5) is 25.6. The van der Waals surface area contributed by atoms with E-state index in [2.05, 4.69) is 9.98 Å². The standard InChI is InChI=1S/C8H5ClN2O2/c9-8(11-6-13)3-1-7(2-4-8)10-5-12/h1-3H,4H2. The maximum Gasteiger partial charge on any atom is 0.240 e. The Hall–Kier alpha value is -1.47. The summed E-state index contributed by atoms with van der Waals surface area (Å²) < 4.78 is 0. The Labute approximate surface area is 79.3 Å². The van der Waals surface area contributed by atoms with Gasteiger partial charge in [0.2, 0.25) is 12.2 Å². The van der Waals surface area contributed by atoms with Crippen molar-refractivity contribution in [3.05, 3.63) is 23.9 Å². The maximum atomic E-state index is 9.97. The molecular weight excluding hydrogens is 192 g/mol. The zero-order valence-corrected chi connectivity index (χ0v) is 7.28. The average Bonchev–Trinajstić information content (AvgIpc) is 2.10. The van der Waals surface area contributed by atoms with Gasteiger partial charge < -0.3 is 0 Å². The van der Waals surface area contributed by atoms with E-state index in [1.165, 1.54) is 24.3 Å². The lowest BCUT2D eigenvalue weighted by Gasteiger charge is -2.16. The van der Waals surface area contributed by atoms with Crippen LogP contribution in [0.2, 0.25) is 0 Å². The first-order chi connectivity index (χ1) is 6.20. The molecule has 0 radical (unpaired) electrons. The van der Waals surface area contributed by atoms with Gasteiger partial charge in [-0.2, -0.15) is 9.98 Å². The first-order valence-electron chi connectivity index (χ1n) is 3.45. The van der Waals surface area contributed by atoms with Crippen molar-refractivity contribution in [3.8, 4) is 0 Å². The second kappa shape index (κ2) is 3.97. The van der Waals surface area contributed by atoms with Gasteiger partial charge in [-0.1, -0.05) is 17.7 Å². The summed E-state index contributed by atoms with van der Waals surface area (Å²) in [5.74, 6) is 0. The van der Waals surface area contributed by atoms with Gasteiger partial charge in [0.15, 0.2) is 5.00 Å². The first-order valence-corrected chi connectivity index (χ1v) is 3.83. The fourth-order valence-electron chi connectivity index (χ4n) is 0.891. The molecule has 0 aromatic rings. The van der Waals surface area contributed by atoms with Crippen LogP contribution in [0.25, 0.3) is 0 Å². The molecule has 1 unspecified atom stereocenters. The van der Waals surface area contributed by atoms with Crippen molar-refractivity contribution < 1.29 is 9.59 Å². The van der Waals surface area contributed by atoms with Gasteiger partial charge in [0.1, 0.15) is 0 Å². The van der Waals surface area contributed by atoms with Crippen molar-refractivity contribution in [2.75, 3.05) is 0 Å². The van der Waals surface area contributed by atoms with E-state index < -0.39 is 5.00 Å². The predicted molar refractivity (Wildman–Crippen MR) is 46.7 cm³/mol. The molecule has 5 heteroatoms. The van der Waals surface area contributed by atoms with Gasteiger partial charge in [0, 0.05) is 6.42 Å². The van der Waals surface area contributed by atoms with Crippen LogP contribution in [0.15, 0.2) is 33.9 Å². The van der Waals surface area contributed by atoms with Crippen molar-refractivity contribution in [2.45, 2.75) is 11.4 Å². The van der Waals surface area contributed by atoms with Gasteiger partial charge >= 0.3 is 0 Å². The topological polar surface area (TPSA) is 58.9 Å². The van der Waals surface area contributed by atoms with Gasteiger partial charge in [-0.05, 0) is 12.2 Å². The minimum atomic E-state index is -1.07. The number of carbonyl (C=O) groups excluding carboxylic acids is 2. The zero-order valence-electron chi connectivity index (χ0n) is 6.53. The van der Waals surface area contributed by atoms with Crippen LogP contribution in [0.3, 0.4) is 0 Å². The lowest BCUT2D eigenvalue weighted by atomic mass is 10.1. The number of allylic oxidation sites excluding steroid dienone is 1. The van der Waals surface area contributed by atoms with Gasteiger partial charge in [-0.25, -0.2) is 9.59 Å². The van der Waals surface area contributed by atoms with Crippen LogP contribution in [0.1, 0.15) is 6.42 Å². The van der Waals surface area contributed by atoms with Gasteiger partial charge in [-0.3, -0.25) is 0 Å². The van der Waals surface area contributed by atoms with Crippen molar-refractivity contribution >= 4 is 23.8 Å². The molecule has 66 valence electrons. The number of hydrogen-bond acceptors (Lipinski definition) is 4. The highest BCUT2D eigenvalue weighted by molar-refractivity contribution is 6.25. The molecule has 0 saturated carbocycles. The van der Waals surface area contributed by atoms with Gasteiger partial charge in [-0.15, -0.1) is 0 Å². The van der Waals surface area contributed by atoms with Crippen molar-refractivity contribution in [1.82, 2.24) is 0 Å². The zero-order chi connectivity index (χ0) is 9.73. The van der Waals surface area contributed by atoms with E-state index in [0.717, 1.165) is 0 Å². The molecular formula is C8H5ClN2O2. The molecule has 1 aliphatic carbocycles. The number of halogens is 1. The minimum Gasteiger partial charge on any atom is -0.211 e.